The topological polar surface area (TPSA) is 93.5 Å². The molecule has 6 nitrogen and oxygen atoms in total. The average molecular weight is 514 g/mol. The Kier molecular flexibility index (Phi) is 7.28. The van der Waals surface area contributed by atoms with Gasteiger partial charge in [-0.05, 0) is 60.7 Å². The number of nitrogens with two attached hydrogens (primary N) is 1. The molecule has 4 rings (SSSR count). The lowest BCUT2D eigenvalue weighted by molar-refractivity contribution is -0.0498. The third-order valence-electron chi connectivity index (χ3n) is 4.85. The van der Waals surface area contributed by atoms with Crippen molar-refractivity contribution >= 4 is 56.7 Å². The first-order valence-electron chi connectivity index (χ1n) is 10.2. The highest BCUT2D eigenvalue weighted by Crippen LogP contribution is 2.39. The summed E-state index contributed by atoms with van der Waals surface area (Å²) in [6.45, 7) is -2.97. The van der Waals surface area contributed by atoms with Crippen LogP contribution in [0.3, 0.4) is 0 Å². The molecule has 35 heavy (non-hydrogen) atoms. The summed E-state index contributed by atoms with van der Waals surface area (Å²) in [4.78, 5) is 26.5. The van der Waals surface area contributed by atoms with Crippen LogP contribution < -0.4 is 21.1 Å². The number of para-hydroxylation sites is 1. The van der Waals surface area contributed by atoms with Crippen LogP contribution in [0.15, 0.2) is 78.9 Å². The van der Waals surface area contributed by atoms with Gasteiger partial charge in [-0.15, -0.1) is 11.3 Å². The molecule has 0 unspecified atom stereocenters. The van der Waals surface area contributed by atoms with Crippen molar-refractivity contribution in [2.75, 3.05) is 16.4 Å². The van der Waals surface area contributed by atoms with Gasteiger partial charge >= 0.3 is 6.61 Å². The summed E-state index contributed by atoms with van der Waals surface area (Å²) in [5.41, 5.74) is 7.82. The Balaban J connectivity index is 1.69. The standard InChI is InChI=1S/C25H18ClF2N3O3S/c26-15-8-10-17(11-9-15)30-23(33)19-20(29)22(35-24(19)31-16-4-2-1-3-5-16)21(32)14-6-12-18(13-7-14)34-25(27)28/h1-13,25,31H,29H2,(H,30,33). The molecule has 0 aliphatic heterocycles. The second kappa shape index (κ2) is 10.5. The molecule has 0 saturated heterocycles. The summed E-state index contributed by atoms with van der Waals surface area (Å²) in [5, 5.41) is 6.80. The van der Waals surface area contributed by atoms with Gasteiger partial charge in [0.15, 0.2) is 0 Å². The fourth-order valence-electron chi connectivity index (χ4n) is 3.22. The number of amides is 1. The lowest BCUT2D eigenvalue weighted by atomic mass is 10.1. The van der Waals surface area contributed by atoms with Gasteiger partial charge in [0, 0.05) is 22.0 Å². The summed E-state index contributed by atoms with van der Waals surface area (Å²) >= 11 is 6.93. The molecule has 4 aromatic rings. The van der Waals surface area contributed by atoms with Crippen LogP contribution in [0.5, 0.6) is 5.75 Å². The number of rotatable bonds is 8. The predicted octanol–water partition coefficient (Wildman–Crippen LogP) is 6.81. The SMILES string of the molecule is Nc1c(C(=O)c2ccc(OC(F)F)cc2)sc(Nc2ccccc2)c1C(=O)Nc1ccc(Cl)cc1. The Bertz CT molecular complexity index is 1350. The van der Waals surface area contributed by atoms with E-state index in [2.05, 4.69) is 15.4 Å². The molecule has 0 aliphatic carbocycles. The fourth-order valence-corrected chi connectivity index (χ4v) is 4.45. The maximum absolute atomic E-state index is 13.2. The highest BCUT2D eigenvalue weighted by molar-refractivity contribution is 7.19. The van der Waals surface area contributed by atoms with Gasteiger partial charge in [-0.25, -0.2) is 0 Å². The van der Waals surface area contributed by atoms with Gasteiger partial charge < -0.3 is 21.1 Å². The molecular weight excluding hydrogens is 496 g/mol. The first-order valence-corrected chi connectivity index (χ1v) is 11.4. The van der Waals surface area contributed by atoms with Crippen LogP contribution >= 0.6 is 22.9 Å². The summed E-state index contributed by atoms with van der Waals surface area (Å²) in [5.74, 6) is -1.05. The molecule has 0 spiro atoms. The van der Waals surface area contributed by atoms with E-state index in [0.29, 0.717) is 21.4 Å². The molecule has 1 amide bonds. The van der Waals surface area contributed by atoms with Crippen LogP contribution in [0.25, 0.3) is 0 Å². The van der Waals surface area contributed by atoms with E-state index >= 15 is 0 Å². The normalized spacial score (nSPS) is 10.7. The Morgan fingerprint density at radius 3 is 2.20 bits per heavy atom. The van der Waals surface area contributed by atoms with Crippen molar-refractivity contribution in [3.05, 3.63) is 99.9 Å². The van der Waals surface area contributed by atoms with E-state index in [-0.39, 0.29) is 27.4 Å². The Morgan fingerprint density at radius 2 is 1.57 bits per heavy atom. The summed E-state index contributed by atoms with van der Waals surface area (Å²) in [7, 11) is 0. The third kappa shape index (κ3) is 5.76. The largest absolute Gasteiger partial charge is 0.435 e. The van der Waals surface area contributed by atoms with Crippen molar-refractivity contribution in [1.82, 2.24) is 0 Å². The second-order valence-corrected chi connectivity index (χ2v) is 8.69. The first-order chi connectivity index (χ1) is 16.8. The van der Waals surface area contributed by atoms with Gasteiger partial charge in [-0.3, -0.25) is 9.59 Å². The molecule has 0 atom stereocenters. The fraction of sp³-hybridized carbons (Fsp3) is 0.0400. The lowest BCUT2D eigenvalue weighted by Crippen LogP contribution is -2.15. The number of carbonyl (C=O) groups excluding carboxylic acids is 2. The number of thiophene rings is 1. The van der Waals surface area contributed by atoms with Crippen LogP contribution in [-0.4, -0.2) is 18.3 Å². The van der Waals surface area contributed by atoms with Gasteiger partial charge in [0.2, 0.25) is 5.78 Å². The number of alkyl halides is 2. The Hall–Kier alpha value is -3.95. The number of carbonyl (C=O) groups is 2. The molecule has 178 valence electrons. The molecule has 3 aromatic carbocycles. The monoisotopic (exact) mass is 513 g/mol. The van der Waals surface area contributed by atoms with E-state index in [1.165, 1.54) is 24.3 Å². The first kappa shape index (κ1) is 24.2. The molecule has 0 bridgehead atoms. The van der Waals surface area contributed by atoms with Crippen molar-refractivity contribution in [2.45, 2.75) is 6.61 Å². The minimum Gasteiger partial charge on any atom is -0.435 e. The summed E-state index contributed by atoms with van der Waals surface area (Å²) < 4.78 is 29.2. The zero-order valence-electron chi connectivity index (χ0n) is 17.9. The lowest BCUT2D eigenvalue weighted by Gasteiger charge is -2.09. The number of ketones is 1. The van der Waals surface area contributed by atoms with Gasteiger partial charge in [-0.2, -0.15) is 8.78 Å². The zero-order valence-corrected chi connectivity index (χ0v) is 19.5. The van der Waals surface area contributed by atoms with Gasteiger partial charge in [0.05, 0.1) is 11.3 Å². The van der Waals surface area contributed by atoms with Crippen LogP contribution in [0.2, 0.25) is 5.02 Å². The van der Waals surface area contributed by atoms with E-state index in [1.807, 2.05) is 18.2 Å². The van der Waals surface area contributed by atoms with Crippen molar-refractivity contribution in [2.24, 2.45) is 0 Å². The van der Waals surface area contributed by atoms with Crippen LogP contribution in [0.1, 0.15) is 25.6 Å². The maximum Gasteiger partial charge on any atom is 0.387 e. The summed E-state index contributed by atoms with van der Waals surface area (Å²) in [6, 6.07) is 20.9. The van der Waals surface area contributed by atoms with Gasteiger partial charge in [0.25, 0.3) is 5.91 Å². The van der Waals surface area contributed by atoms with E-state index in [4.69, 9.17) is 17.3 Å². The predicted molar refractivity (Wildman–Crippen MR) is 134 cm³/mol. The number of halogens is 3. The summed E-state index contributed by atoms with van der Waals surface area (Å²) in [6.07, 6.45) is 0. The quantitative estimate of drug-likeness (QED) is 0.225. The number of nitrogen functional groups attached to an aromatic ring is 1. The van der Waals surface area contributed by atoms with Crippen LogP contribution in [0.4, 0.5) is 30.8 Å². The molecule has 1 heterocycles. The van der Waals surface area contributed by atoms with Crippen LogP contribution in [0, 0.1) is 0 Å². The van der Waals surface area contributed by atoms with Crippen molar-refractivity contribution in [3.8, 4) is 5.75 Å². The number of hydrogen-bond acceptors (Lipinski definition) is 6. The molecule has 0 aliphatic rings. The minimum absolute atomic E-state index is 0.00204. The van der Waals surface area contributed by atoms with E-state index in [1.54, 1.807) is 36.4 Å². The maximum atomic E-state index is 13.2. The van der Waals surface area contributed by atoms with E-state index in [9.17, 15) is 18.4 Å². The molecule has 1 aromatic heterocycles. The zero-order chi connectivity index (χ0) is 24.9. The van der Waals surface area contributed by atoms with E-state index in [0.717, 1.165) is 11.3 Å². The number of anilines is 4. The van der Waals surface area contributed by atoms with E-state index < -0.39 is 18.3 Å². The molecule has 4 N–H and O–H groups in total. The average Bonchev–Trinajstić information content (AvgIpc) is 3.16. The van der Waals surface area contributed by atoms with Crippen LogP contribution in [-0.2, 0) is 0 Å². The smallest absolute Gasteiger partial charge is 0.387 e. The molecule has 0 radical (unpaired) electrons. The number of ether oxygens (including phenoxy) is 1. The molecule has 10 heteroatoms. The Labute approximate surface area is 208 Å². The minimum atomic E-state index is -2.97. The van der Waals surface area contributed by atoms with Gasteiger partial charge in [0.1, 0.15) is 15.6 Å². The third-order valence-corrected chi connectivity index (χ3v) is 6.23. The van der Waals surface area contributed by atoms with Crippen molar-refractivity contribution in [1.29, 1.82) is 0 Å². The second-order valence-electron chi connectivity index (χ2n) is 7.23. The highest BCUT2D eigenvalue weighted by Gasteiger charge is 2.27. The van der Waals surface area contributed by atoms with Crippen molar-refractivity contribution in [3.63, 3.8) is 0 Å². The number of benzene rings is 3. The molecule has 0 fully saturated rings. The number of nitrogens with one attached hydrogen (secondary N) is 2. The molecule has 0 saturated carbocycles. The van der Waals surface area contributed by atoms with Crippen molar-refractivity contribution < 1.29 is 23.1 Å². The Morgan fingerprint density at radius 1 is 0.914 bits per heavy atom. The molecular formula is C25H18ClF2N3O3S. The number of hydrogen-bond donors (Lipinski definition) is 3. The van der Waals surface area contributed by atoms with Gasteiger partial charge in [-0.1, -0.05) is 29.8 Å². The highest BCUT2D eigenvalue weighted by atomic mass is 35.5.